The molecule has 3 aliphatic rings. The molecule has 1 amide bonds. The normalized spacial score (nSPS) is 25.7. The van der Waals surface area contributed by atoms with Crippen molar-refractivity contribution in [2.75, 3.05) is 11.2 Å². The number of primary sulfonamides is 1. The van der Waals surface area contributed by atoms with Crippen LogP contribution in [0.3, 0.4) is 0 Å². The number of rotatable bonds is 6. The van der Waals surface area contributed by atoms with Gasteiger partial charge in [-0.3, -0.25) is 4.79 Å². The molecule has 182 valence electrons. The van der Waals surface area contributed by atoms with Crippen LogP contribution >= 0.6 is 0 Å². The Kier molecular flexibility index (Phi) is 5.49. The van der Waals surface area contributed by atoms with Gasteiger partial charge in [0.05, 0.1) is 10.3 Å². The summed E-state index contributed by atoms with van der Waals surface area (Å²) in [4.78, 5) is 20.1. The zero-order valence-electron chi connectivity index (χ0n) is 18.8. The Morgan fingerprint density at radius 1 is 1.06 bits per heavy atom. The van der Waals surface area contributed by atoms with E-state index >= 15 is 0 Å². The summed E-state index contributed by atoms with van der Waals surface area (Å²) in [6, 6.07) is 10.3. The first-order chi connectivity index (χ1) is 16.0. The Labute approximate surface area is 199 Å². The topological polar surface area (TPSA) is 140 Å². The van der Waals surface area contributed by atoms with Crippen LogP contribution in [0.1, 0.15) is 44.1 Å². The third-order valence-electron chi connectivity index (χ3n) is 7.38. The number of hydrogen-bond donors (Lipinski definition) is 2. The fourth-order valence-electron chi connectivity index (χ4n) is 5.48. The number of carbonyl (C=O) groups is 1. The molecule has 1 aromatic heterocycles. The number of nitrogens with two attached hydrogens (primary N) is 1. The third-order valence-corrected chi connectivity index (χ3v) is 9.39. The number of hydrogen-bond acceptors (Lipinski definition) is 7. The van der Waals surface area contributed by atoms with Crippen LogP contribution in [0.25, 0.3) is 0 Å². The van der Waals surface area contributed by atoms with Gasteiger partial charge in [0.1, 0.15) is 10.7 Å². The smallest absolute Gasteiger partial charge is 0.239 e. The van der Waals surface area contributed by atoms with Crippen LogP contribution in [-0.4, -0.2) is 52.1 Å². The van der Waals surface area contributed by atoms with E-state index in [2.05, 4.69) is 15.2 Å². The first kappa shape index (κ1) is 23.3. The van der Waals surface area contributed by atoms with Crippen molar-refractivity contribution < 1.29 is 21.6 Å². The van der Waals surface area contributed by atoms with E-state index in [1.807, 2.05) is 6.07 Å². The van der Waals surface area contributed by atoms with Crippen molar-refractivity contribution in [1.82, 2.24) is 10.3 Å². The first-order valence-electron chi connectivity index (χ1n) is 11.4. The van der Waals surface area contributed by atoms with Crippen LogP contribution in [0, 0.1) is 0 Å². The van der Waals surface area contributed by atoms with Gasteiger partial charge in [0, 0.05) is 30.6 Å². The van der Waals surface area contributed by atoms with E-state index in [-0.39, 0.29) is 33.8 Å². The van der Waals surface area contributed by atoms with Gasteiger partial charge in [0.25, 0.3) is 0 Å². The van der Waals surface area contributed by atoms with Gasteiger partial charge in [-0.25, -0.2) is 27.0 Å². The minimum absolute atomic E-state index is 0.0135. The number of piperidine rings is 1. The molecule has 0 spiro atoms. The average molecular weight is 505 g/mol. The zero-order valence-corrected chi connectivity index (χ0v) is 20.5. The maximum Gasteiger partial charge on any atom is 0.239 e. The van der Waals surface area contributed by atoms with E-state index in [9.17, 15) is 21.6 Å². The minimum atomic E-state index is -3.79. The highest BCUT2D eigenvalue weighted by molar-refractivity contribution is 7.90. The van der Waals surface area contributed by atoms with Crippen LogP contribution in [0.15, 0.2) is 52.4 Å². The van der Waals surface area contributed by atoms with Crippen LogP contribution < -0.4 is 15.4 Å². The molecule has 9 nitrogen and oxygen atoms in total. The third kappa shape index (κ3) is 4.20. The van der Waals surface area contributed by atoms with Crippen LogP contribution in [-0.2, 0) is 30.1 Å². The minimum Gasteiger partial charge on any atom is -0.352 e. The number of amides is 1. The van der Waals surface area contributed by atoms with Crippen LogP contribution in [0.2, 0.25) is 0 Å². The molecular weight excluding hydrogens is 476 g/mol. The van der Waals surface area contributed by atoms with E-state index in [0.29, 0.717) is 12.8 Å². The molecule has 3 fully saturated rings. The predicted octanol–water partition coefficient (Wildman–Crippen LogP) is 1.48. The fraction of sp³-hybridized carbons (Fsp3) is 0.478. The van der Waals surface area contributed by atoms with Gasteiger partial charge in [-0.05, 0) is 68.4 Å². The summed E-state index contributed by atoms with van der Waals surface area (Å²) in [5.74, 6) is 0.688. The molecule has 1 saturated carbocycles. The van der Waals surface area contributed by atoms with Crippen molar-refractivity contribution in [2.24, 2.45) is 5.14 Å². The van der Waals surface area contributed by atoms with Gasteiger partial charge in [0.15, 0.2) is 9.84 Å². The molecule has 1 aliphatic carbocycles. The van der Waals surface area contributed by atoms with Gasteiger partial charge >= 0.3 is 0 Å². The lowest BCUT2D eigenvalue weighted by Gasteiger charge is -2.40. The maximum absolute atomic E-state index is 13.3. The zero-order chi connectivity index (χ0) is 24.3. The SMILES string of the molecule is CS(=O)(=O)c1cccc(C2(C(=O)NC3CC4CCC(C3)N4c3ccc(S(N)(=O)=O)cn3)CC2)c1. The Bertz CT molecular complexity index is 1320. The Balaban J connectivity index is 1.29. The number of aromatic nitrogens is 1. The average Bonchev–Trinajstić information content (AvgIpc) is 3.54. The van der Waals surface area contributed by atoms with Gasteiger partial charge < -0.3 is 10.2 Å². The molecule has 5 rings (SSSR count). The number of nitrogens with zero attached hydrogens (tertiary/aromatic N) is 2. The number of carbonyl (C=O) groups excluding carboxylic acids is 1. The number of sulfone groups is 1. The molecule has 3 N–H and O–H groups in total. The molecule has 34 heavy (non-hydrogen) atoms. The van der Waals surface area contributed by atoms with Gasteiger partial charge in [-0.2, -0.15) is 0 Å². The molecular formula is C23H28N4O5S2. The largest absolute Gasteiger partial charge is 0.352 e. The maximum atomic E-state index is 13.3. The van der Waals surface area contributed by atoms with Gasteiger partial charge in [-0.1, -0.05) is 12.1 Å². The Morgan fingerprint density at radius 2 is 1.74 bits per heavy atom. The van der Waals surface area contributed by atoms with Crippen molar-refractivity contribution >= 4 is 31.6 Å². The Hall–Kier alpha value is -2.50. The summed E-state index contributed by atoms with van der Waals surface area (Å²) in [7, 11) is -7.13. The number of fused-ring (bicyclic) bond motifs is 2. The molecule has 3 heterocycles. The highest BCUT2D eigenvalue weighted by Crippen LogP contribution is 2.49. The lowest BCUT2D eigenvalue weighted by molar-refractivity contribution is -0.124. The summed E-state index contributed by atoms with van der Waals surface area (Å²) in [6.45, 7) is 0. The highest BCUT2D eigenvalue weighted by atomic mass is 32.2. The quantitative estimate of drug-likeness (QED) is 0.607. The summed E-state index contributed by atoms with van der Waals surface area (Å²) in [5, 5.41) is 8.43. The molecule has 2 aliphatic heterocycles. The molecule has 11 heteroatoms. The second-order valence-corrected chi connectivity index (χ2v) is 13.3. The second kappa shape index (κ2) is 8.03. The monoisotopic (exact) mass is 504 g/mol. The van der Waals surface area contributed by atoms with E-state index in [1.165, 1.54) is 18.5 Å². The second-order valence-electron chi connectivity index (χ2n) is 9.71. The van der Waals surface area contributed by atoms with E-state index < -0.39 is 25.3 Å². The molecule has 2 saturated heterocycles. The van der Waals surface area contributed by atoms with E-state index in [0.717, 1.165) is 37.1 Å². The standard InChI is InChI=1S/C23H28N4O5S2/c1-33(29,30)19-4-2-3-15(11-19)23(9-10-23)22(28)26-16-12-17-5-6-18(13-16)27(17)21-8-7-20(14-25-21)34(24,31)32/h2-4,7-8,11,14,16-18H,5-6,9-10,12-13H2,1H3,(H,26,28)(H2,24,31,32). The predicted molar refractivity (Wildman–Crippen MR) is 127 cm³/mol. The van der Waals surface area contributed by atoms with E-state index in [4.69, 9.17) is 5.14 Å². The lowest BCUT2D eigenvalue weighted by Crippen LogP contribution is -2.52. The molecule has 2 bridgehead atoms. The van der Waals surface area contributed by atoms with Crippen LogP contribution in [0.4, 0.5) is 5.82 Å². The molecule has 2 atom stereocenters. The number of anilines is 1. The van der Waals surface area contributed by atoms with Gasteiger partial charge in [-0.15, -0.1) is 0 Å². The number of pyridine rings is 1. The van der Waals surface area contributed by atoms with Gasteiger partial charge in [0.2, 0.25) is 15.9 Å². The molecule has 1 aromatic carbocycles. The molecule has 2 unspecified atom stereocenters. The highest BCUT2D eigenvalue weighted by Gasteiger charge is 2.52. The van der Waals surface area contributed by atoms with Crippen molar-refractivity contribution in [3.05, 3.63) is 48.2 Å². The van der Waals surface area contributed by atoms with Crippen molar-refractivity contribution in [3.63, 3.8) is 0 Å². The summed E-state index contributed by atoms with van der Waals surface area (Å²) in [5.41, 5.74) is 0.106. The first-order valence-corrected chi connectivity index (χ1v) is 14.8. The lowest BCUT2D eigenvalue weighted by atomic mass is 9.92. The van der Waals surface area contributed by atoms with E-state index in [1.54, 1.807) is 24.3 Å². The summed E-state index contributed by atoms with van der Waals surface area (Å²) in [6.07, 6.45) is 7.40. The fourth-order valence-corrected chi connectivity index (χ4v) is 6.61. The number of benzene rings is 1. The Morgan fingerprint density at radius 3 is 2.26 bits per heavy atom. The van der Waals surface area contributed by atoms with Crippen molar-refractivity contribution in [2.45, 2.75) is 71.9 Å². The molecule has 0 radical (unpaired) electrons. The molecule has 2 aromatic rings. The van der Waals surface area contributed by atoms with Crippen LogP contribution in [0.5, 0.6) is 0 Å². The van der Waals surface area contributed by atoms with Crippen molar-refractivity contribution in [3.8, 4) is 0 Å². The number of nitrogens with one attached hydrogen (secondary N) is 1. The summed E-state index contributed by atoms with van der Waals surface area (Å²) >= 11 is 0. The summed E-state index contributed by atoms with van der Waals surface area (Å²) < 4.78 is 47.0. The number of sulfonamides is 1. The van der Waals surface area contributed by atoms with Crippen molar-refractivity contribution in [1.29, 1.82) is 0 Å².